The molecule has 1 fully saturated rings. The van der Waals surface area contributed by atoms with E-state index in [0.29, 0.717) is 13.1 Å². The van der Waals surface area contributed by atoms with Crippen molar-refractivity contribution in [1.29, 1.82) is 0 Å². The molecule has 0 spiro atoms. The summed E-state index contributed by atoms with van der Waals surface area (Å²) in [6, 6.07) is 21.8. The van der Waals surface area contributed by atoms with Crippen LogP contribution in [0.2, 0.25) is 0 Å². The Kier molecular flexibility index (Phi) is 10.7. The van der Waals surface area contributed by atoms with Crippen LogP contribution in [0.4, 0.5) is 4.39 Å². The Hall–Kier alpha value is -2.67. The molecule has 4 rings (SSSR count). The van der Waals surface area contributed by atoms with Crippen LogP contribution >= 0.6 is 0 Å². The first-order valence-corrected chi connectivity index (χ1v) is 13.9. The van der Waals surface area contributed by atoms with Gasteiger partial charge in [0, 0.05) is 25.7 Å². The number of hydrogen-bond acceptors (Lipinski definition) is 6. The van der Waals surface area contributed by atoms with Gasteiger partial charge in [0.1, 0.15) is 6.17 Å². The molecule has 0 aliphatic carbocycles. The SMILES string of the molecule is Cc1ccc(S(=O)(=O)O)cc1.Cc1ccc(S(=O)(=O)O)cc1.NC1CN(Cc2ccccc2)CC1F. The maximum Gasteiger partial charge on any atom is 0.294 e. The van der Waals surface area contributed by atoms with E-state index in [4.69, 9.17) is 14.8 Å². The number of likely N-dealkylation sites (tertiary alicyclic amines) is 1. The normalized spacial score (nSPS) is 17.9. The second kappa shape index (κ2) is 13.0. The van der Waals surface area contributed by atoms with E-state index >= 15 is 0 Å². The van der Waals surface area contributed by atoms with Crippen molar-refractivity contribution >= 4 is 20.2 Å². The lowest BCUT2D eigenvalue weighted by Gasteiger charge is -2.14. The fourth-order valence-electron chi connectivity index (χ4n) is 3.26. The molecular weight excluding hydrogens is 507 g/mol. The van der Waals surface area contributed by atoms with E-state index in [2.05, 4.69) is 17.0 Å². The van der Waals surface area contributed by atoms with Crippen LogP contribution in [-0.4, -0.2) is 56.1 Å². The molecule has 8 nitrogen and oxygen atoms in total. The second-order valence-corrected chi connectivity index (χ2v) is 11.3. The van der Waals surface area contributed by atoms with Crippen molar-refractivity contribution in [1.82, 2.24) is 4.90 Å². The van der Waals surface area contributed by atoms with Gasteiger partial charge in [-0.05, 0) is 43.7 Å². The van der Waals surface area contributed by atoms with Crippen LogP contribution < -0.4 is 5.73 Å². The minimum absolute atomic E-state index is 0.0666. The van der Waals surface area contributed by atoms with Crippen molar-refractivity contribution in [2.75, 3.05) is 13.1 Å². The highest BCUT2D eigenvalue weighted by molar-refractivity contribution is 7.86. The molecule has 1 aliphatic heterocycles. The van der Waals surface area contributed by atoms with Crippen LogP contribution in [0.3, 0.4) is 0 Å². The monoisotopic (exact) mass is 538 g/mol. The largest absolute Gasteiger partial charge is 0.324 e. The second-order valence-electron chi connectivity index (χ2n) is 8.44. The molecule has 4 N–H and O–H groups in total. The molecule has 0 radical (unpaired) electrons. The summed E-state index contributed by atoms with van der Waals surface area (Å²) in [7, 11) is -8.04. The molecule has 0 aromatic heterocycles. The van der Waals surface area contributed by atoms with Gasteiger partial charge < -0.3 is 5.73 Å². The Balaban J connectivity index is 0.000000193. The highest BCUT2D eigenvalue weighted by Crippen LogP contribution is 2.15. The van der Waals surface area contributed by atoms with Crippen molar-refractivity contribution in [3.05, 3.63) is 95.6 Å². The molecule has 3 aromatic carbocycles. The molecule has 1 heterocycles. The molecule has 1 saturated heterocycles. The maximum absolute atomic E-state index is 13.1. The van der Waals surface area contributed by atoms with Crippen molar-refractivity contribution < 1.29 is 30.3 Å². The van der Waals surface area contributed by atoms with Gasteiger partial charge in [0.05, 0.1) is 9.79 Å². The summed E-state index contributed by atoms with van der Waals surface area (Å²) in [5, 5.41) is 0. The zero-order valence-electron chi connectivity index (χ0n) is 20.0. The van der Waals surface area contributed by atoms with E-state index in [-0.39, 0.29) is 15.8 Å². The predicted molar refractivity (Wildman–Crippen MR) is 137 cm³/mol. The highest BCUT2D eigenvalue weighted by atomic mass is 32.2. The van der Waals surface area contributed by atoms with Gasteiger partial charge >= 0.3 is 0 Å². The first kappa shape index (κ1) is 29.6. The fraction of sp³-hybridized carbons (Fsp3) is 0.280. The molecule has 196 valence electrons. The third-order valence-corrected chi connectivity index (χ3v) is 6.99. The quantitative estimate of drug-likeness (QED) is 0.428. The summed E-state index contributed by atoms with van der Waals surface area (Å²) in [4.78, 5) is 1.93. The summed E-state index contributed by atoms with van der Waals surface area (Å²) < 4.78 is 72.2. The van der Waals surface area contributed by atoms with Crippen molar-refractivity contribution in [2.45, 2.75) is 42.4 Å². The molecule has 2 unspecified atom stereocenters. The lowest BCUT2D eigenvalue weighted by molar-refractivity contribution is 0.280. The molecule has 36 heavy (non-hydrogen) atoms. The average molecular weight is 539 g/mol. The van der Waals surface area contributed by atoms with Gasteiger partial charge in [-0.15, -0.1) is 0 Å². The number of alkyl halides is 1. The Labute approximate surface area is 212 Å². The van der Waals surface area contributed by atoms with E-state index in [1.54, 1.807) is 24.3 Å². The zero-order valence-corrected chi connectivity index (χ0v) is 21.7. The molecule has 0 amide bonds. The lowest BCUT2D eigenvalue weighted by atomic mass is 10.2. The van der Waals surface area contributed by atoms with Crippen molar-refractivity contribution in [3.63, 3.8) is 0 Å². The van der Waals surface area contributed by atoms with E-state index < -0.39 is 26.4 Å². The molecule has 0 saturated carbocycles. The van der Waals surface area contributed by atoms with Crippen LogP contribution in [-0.2, 0) is 26.8 Å². The standard InChI is InChI=1S/C11H15FN2.2C7H8O3S/c12-10-7-14(8-11(10)13)6-9-4-2-1-3-5-9;2*1-6-2-4-7(5-3-6)11(8,9)10/h1-5,10-11H,6-8,13H2;2*2-5H,1H3,(H,8,9,10). The van der Waals surface area contributed by atoms with Gasteiger partial charge in [-0.25, -0.2) is 4.39 Å². The Morgan fingerprint density at radius 2 is 1.19 bits per heavy atom. The third kappa shape index (κ3) is 10.1. The number of nitrogens with two attached hydrogens (primary N) is 1. The average Bonchev–Trinajstić information content (AvgIpc) is 3.11. The topological polar surface area (TPSA) is 138 Å². The maximum atomic E-state index is 13.1. The lowest BCUT2D eigenvalue weighted by Crippen LogP contribution is -2.30. The molecular formula is C25H31FN2O6S2. The van der Waals surface area contributed by atoms with Crippen LogP contribution in [0.1, 0.15) is 16.7 Å². The summed E-state index contributed by atoms with van der Waals surface area (Å²) >= 11 is 0. The van der Waals surface area contributed by atoms with Gasteiger partial charge in [-0.1, -0.05) is 65.7 Å². The van der Waals surface area contributed by atoms with E-state index in [9.17, 15) is 21.2 Å². The molecule has 3 aromatic rings. The van der Waals surface area contributed by atoms with Gasteiger partial charge in [0.15, 0.2) is 0 Å². The van der Waals surface area contributed by atoms with E-state index in [1.807, 2.05) is 32.0 Å². The third-order valence-electron chi connectivity index (χ3n) is 5.25. The first-order chi connectivity index (χ1) is 16.8. The number of aryl methyl sites for hydroxylation is 2. The highest BCUT2D eigenvalue weighted by Gasteiger charge is 2.29. The van der Waals surface area contributed by atoms with Gasteiger partial charge in [0.25, 0.3) is 20.2 Å². The molecule has 1 aliphatic rings. The molecule has 0 bridgehead atoms. The summed E-state index contributed by atoms with van der Waals surface area (Å²) in [6.07, 6.45) is -0.862. The van der Waals surface area contributed by atoms with Crippen LogP contribution in [0.5, 0.6) is 0 Å². The Bertz CT molecular complexity index is 1220. The van der Waals surface area contributed by atoms with Crippen molar-refractivity contribution in [2.24, 2.45) is 5.73 Å². The van der Waals surface area contributed by atoms with Crippen LogP contribution in [0.15, 0.2) is 88.7 Å². The Morgan fingerprint density at radius 3 is 1.53 bits per heavy atom. The van der Waals surface area contributed by atoms with Gasteiger partial charge in [0.2, 0.25) is 0 Å². The fourth-order valence-corrected chi connectivity index (χ4v) is 4.22. The summed E-state index contributed by atoms with van der Waals surface area (Å²) in [5.74, 6) is 0. The zero-order chi connectivity index (χ0) is 26.9. The Morgan fingerprint density at radius 1 is 0.778 bits per heavy atom. The first-order valence-electron chi connectivity index (χ1n) is 11.0. The van der Waals surface area contributed by atoms with Crippen LogP contribution in [0, 0.1) is 13.8 Å². The van der Waals surface area contributed by atoms with Crippen LogP contribution in [0.25, 0.3) is 0 Å². The minimum atomic E-state index is -4.02. The minimum Gasteiger partial charge on any atom is -0.324 e. The number of benzene rings is 3. The number of rotatable bonds is 4. The number of hydrogen-bond donors (Lipinski definition) is 3. The number of halogens is 1. The van der Waals surface area contributed by atoms with E-state index in [1.165, 1.54) is 29.8 Å². The summed E-state index contributed by atoms with van der Waals surface area (Å²) in [6.45, 7) is 5.61. The van der Waals surface area contributed by atoms with Crippen molar-refractivity contribution in [3.8, 4) is 0 Å². The predicted octanol–water partition coefficient (Wildman–Crippen LogP) is 3.65. The molecule has 11 heteroatoms. The number of nitrogens with zero attached hydrogens (tertiary/aromatic N) is 1. The smallest absolute Gasteiger partial charge is 0.294 e. The molecule has 2 atom stereocenters. The van der Waals surface area contributed by atoms with Gasteiger partial charge in [-0.2, -0.15) is 16.8 Å². The van der Waals surface area contributed by atoms with E-state index in [0.717, 1.165) is 17.7 Å². The summed E-state index contributed by atoms with van der Waals surface area (Å²) in [5.41, 5.74) is 8.73. The van der Waals surface area contributed by atoms with Gasteiger partial charge in [-0.3, -0.25) is 14.0 Å².